The normalized spacial score (nSPS) is 23.9. The molecule has 0 radical (unpaired) electrons. The summed E-state index contributed by atoms with van der Waals surface area (Å²) in [4.78, 5) is 11.7. The van der Waals surface area contributed by atoms with Crippen molar-refractivity contribution < 1.29 is 27.9 Å². The number of hydrogen-bond donors (Lipinski definition) is 0. The van der Waals surface area contributed by atoms with E-state index in [1.54, 1.807) is 13.8 Å². The van der Waals surface area contributed by atoms with Gasteiger partial charge >= 0.3 is 7.60 Å². The fourth-order valence-corrected chi connectivity index (χ4v) is 2.57. The van der Waals surface area contributed by atoms with Gasteiger partial charge in [0.15, 0.2) is 5.79 Å². The lowest BCUT2D eigenvalue weighted by Gasteiger charge is -2.17. The number of ether oxygens (including phenoxy) is 2. The van der Waals surface area contributed by atoms with Gasteiger partial charge in [-0.1, -0.05) is 0 Å². The molecule has 0 unspecified atom stereocenters. The molecule has 1 rings (SSSR count). The zero-order valence-electron chi connectivity index (χ0n) is 10.6. The minimum absolute atomic E-state index is 0.153. The van der Waals surface area contributed by atoms with Crippen molar-refractivity contribution in [3.05, 3.63) is 0 Å². The molecule has 17 heavy (non-hydrogen) atoms. The second-order valence-corrected chi connectivity index (χ2v) is 6.60. The van der Waals surface area contributed by atoms with E-state index in [9.17, 15) is 9.36 Å². The molecule has 1 saturated heterocycles. The third kappa shape index (κ3) is 4.48. The van der Waals surface area contributed by atoms with Crippen LogP contribution in [0.4, 0.5) is 0 Å². The van der Waals surface area contributed by atoms with Gasteiger partial charge in [0, 0.05) is 20.6 Å². The van der Waals surface area contributed by atoms with Crippen LogP contribution in [0.5, 0.6) is 0 Å². The van der Waals surface area contributed by atoms with Crippen LogP contribution in [0.2, 0.25) is 0 Å². The molecule has 0 aliphatic carbocycles. The molecule has 100 valence electrons. The Morgan fingerprint density at radius 3 is 2.41 bits per heavy atom. The topological polar surface area (TPSA) is 71.1 Å². The highest BCUT2D eigenvalue weighted by Crippen LogP contribution is 2.46. The van der Waals surface area contributed by atoms with Crippen molar-refractivity contribution in [2.45, 2.75) is 32.2 Å². The van der Waals surface area contributed by atoms with Crippen LogP contribution in [0, 0.1) is 0 Å². The maximum atomic E-state index is 11.7. The van der Waals surface area contributed by atoms with Crippen molar-refractivity contribution in [2.75, 3.05) is 27.0 Å². The van der Waals surface area contributed by atoms with Crippen molar-refractivity contribution >= 4 is 13.4 Å². The first kappa shape index (κ1) is 14.8. The van der Waals surface area contributed by atoms with E-state index in [0.717, 1.165) is 0 Å². The van der Waals surface area contributed by atoms with Gasteiger partial charge in [0.1, 0.15) is 11.9 Å². The number of carbonyl (C=O) groups is 1. The van der Waals surface area contributed by atoms with Crippen LogP contribution in [0.25, 0.3) is 0 Å². The minimum Gasteiger partial charge on any atom is -0.348 e. The van der Waals surface area contributed by atoms with Crippen LogP contribution >= 0.6 is 7.60 Å². The first-order valence-corrected chi connectivity index (χ1v) is 7.07. The third-order valence-electron chi connectivity index (χ3n) is 2.45. The Morgan fingerprint density at radius 1 is 1.41 bits per heavy atom. The van der Waals surface area contributed by atoms with Gasteiger partial charge < -0.3 is 18.5 Å². The van der Waals surface area contributed by atoms with Crippen molar-refractivity contribution in [3.8, 4) is 0 Å². The molecule has 0 N–H and O–H groups in total. The van der Waals surface area contributed by atoms with Crippen molar-refractivity contribution in [3.63, 3.8) is 0 Å². The lowest BCUT2D eigenvalue weighted by atomic mass is 10.2. The summed E-state index contributed by atoms with van der Waals surface area (Å²) in [5.74, 6) is -0.875. The molecule has 1 heterocycles. The summed E-state index contributed by atoms with van der Waals surface area (Å²) < 4.78 is 31.9. The molecule has 1 atom stereocenters. The lowest BCUT2D eigenvalue weighted by molar-refractivity contribution is -0.141. The zero-order valence-corrected chi connectivity index (χ0v) is 11.5. The summed E-state index contributed by atoms with van der Waals surface area (Å²) in [7, 11) is -0.753. The first-order valence-electron chi connectivity index (χ1n) is 5.34. The quantitative estimate of drug-likeness (QED) is 0.680. The molecule has 0 bridgehead atoms. The monoisotopic (exact) mass is 266 g/mol. The SMILES string of the molecule is COP(=O)(CC(=O)C[C@@H]1COC(C)(C)O1)OC. The smallest absolute Gasteiger partial charge is 0.337 e. The van der Waals surface area contributed by atoms with Crippen LogP contribution in [-0.2, 0) is 27.9 Å². The van der Waals surface area contributed by atoms with Crippen LogP contribution < -0.4 is 0 Å². The second kappa shape index (κ2) is 5.59. The van der Waals surface area contributed by atoms with E-state index in [1.165, 1.54) is 14.2 Å². The van der Waals surface area contributed by atoms with Crippen LogP contribution in [-0.4, -0.2) is 44.7 Å². The van der Waals surface area contributed by atoms with E-state index >= 15 is 0 Å². The highest BCUT2D eigenvalue weighted by molar-refractivity contribution is 7.54. The van der Waals surface area contributed by atoms with Gasteiger partial charge in [-0.25, -0.2) is 0 Å². The van der Waals surface area contributed by atoms with Gasteiger partial charge in [0.25, 0.3) is 0 Å². The standard InChI is InChI=1S/C10H19O6P/c1-10(2)15-6-9(16-10)5-8(11)7-17(12,13-3)14-4/h9H,5-7H2,1-4H3/t9-/m1/s1. The summed E-state index contributed by atoms with van der Waals surface area (Å²) in [5, 5.41) is 0. The Balaban J connectivity index is 2.43. The fourth-order valence-electron chi connectivity index (χ4n) is 1.60. The average molecular weight is 266 g/mol. The number of carbonyl (C=O) groups excluding carboxylic acids is 1. The summed E-state index contributed by atoms with van der Waals surface area (Å²) in [6.45, 7) is 3.93. The van der Waals surface area contributed by atoms with E-state index in [4.69, 9.17) is 18.5 Å². The molecule has 0 aromatic rings. The molecule has 0 aromatic carbocycles. The summed E-state index contributed by atoms with van der Waals surface area (Å²) in [6, 6.07) is 0. The van der Waals surface area contributed by atoms with Gasteiger partial charge in [0.05, 0.1) is 12.7 Å². The molecule has 0 amide bonds. The predicted octanol–water partition coefficient (Wildman–Crippen LogP) is 1.58. The Hall–Kier alpha value is -0.260. The highest BCUT2D eigenvalue weighted by atomic mass is 31.2. The number of rotatable bonds is 6. The number of ketones is 1. The zero-order chi connectivity index (χ0) is 13.1. The van der Waals surface area contributed by atoms with Crippen molar-refractivity contribution in [2.24, 2.45) is 0 Å². The summed E-state index contributed by atoms with van der Waals surface area (Å²) >= 11 is 0. The van der Waals surface area contributed by atoms with E-state index in [1.807, 2.05) is 0 Å². The van der Waals surface area contributed by atoms with E-state index < -0.39 is 13.4 Å². The van der Waals surface area contributed by atoms with Gasteiger partial charge in [-0.05, 0) is 13.8 Å². The maximum absolute atomic E-state index is 11.7. The second-order valence-electron chi connectivity index (χ2n) is 4.33. The molecular weight excluding hydrogens is 247 g/mol. The Morgan fingerprint density at radius 2 is 2.00 bits per heavy atom. The molecule has 6 nitrogen and oxygen atoms in total. The van der Waals surface area contributed by atoms with Gasteiger partial charge in [0.2, 0.25) is 0 Å². The summed E-state index contributed by atoms with van der Waals surface area (Å²) in [6.07, 6.45) is -0.375. The molecule has 1 aliphatic rings. The molecule has 0 aromatic heterocycles. The molecular formula is C10H19O6P. The predicted molar refractivity (Wildman–Crippen MR) is 61.0 cm³/mol. The lowest BCUT2D eigenvalue weighted by Crippen LogP contribution is -2.23. The molecule has 0 saturated carbocycles. The highest BCUT2D eigenvalue weighted by Gasteiger charge is 2.35. The Labute approximate surface area is 101 Å². The Kier molecular flexibility index (Phi) is 4.86. The van der Waals surface area contributed by atoms with E-state index in [0.29, 0.717) is 6.61 Å². The van der Waals surface area contributed by atoms with Crippen molar-refractivity contribution in [1.82, 2.24) is 0 Å². The fraction of sp³-hybridized carbons (Fsp3) is 0.900. The van der Waals surface area contributed by atoms with Gasteiger partial charge in [-0.15, -0.1) is 0 Å². The van der Waals surface area contributed by atoms with Crippen molar-refractivity contribution in [1.29, 1.82) is 0 Å². The van der Waals surface area contributed by atoms with Crippen LogP contribution in [0.15, 0.2) is 0 Å². The number of hydrogen-bond acceptors (Lipinski definition) is 6. The minimum atomic E-state index is -3.27. The van der Waals surface area contributed by atoms with Crippen LogP contribution in [0.3, 0.4) is 0 Å². The van der Waals surface area contributed by atoms with Gasteiger partial charge in [-0.2, -0.15) is 0 Å². The molecule has 1 aliphatic heterocycles. The third-order valence-corrected chi connectivity index (χ3v) is 4.30. The average Bonchev–Trinajstić information content (AvgIpc) is 2.57. The number of Topliss-reactive ketones (excluding diaryl/α,β-unsaturated/α-hetero) is 1. The molecule has 7 heteroatoms. The maximum Gasteiger partial charge on any atom is 0.337 e. The van der Waals surface area contributed by atoms with E-state index in [2.05, 4.69) is 0 Å². The molecule has 0 spiro atoms. The summed E-state index contributed by atoms with van der Waals surface area (Å²) in [5.41, 5.74) is 0. The molecule has 1 fully saturated rings. The van der Waals surface area contributed by atoms with Gasteiger partial charge in [-0.3, -0.25) is 9.36 Å². The first-order chi connectivity index (χ1) is 7.80. The Bertz CT molecular complexity index is 319. The largest absolute Gasteiger partial charge is 0.348 e. The van der Waals surface area contributed by atoms with E-state index in [-0.39, 0.29) is 24.5 Å². The van der Waals surface area contributed by atoms with Crippen LogP contribution in [0.1, 0.15) is 20.3 Å².